The quantitative estimate of drug-likeness (QED) is 0.767. The van der Waals surface area contributed by atoms with Gasteiger partial charge in [0, 0.05) is 31.5 Å². The summed E-state index contributed by atoms with van der Waals surface area (Å²) < 4.78 is 35.2. The van der Waals surface area contributed by atoms with Crippen LogP contribution in [0.1, 0.15) is 34.3 Å². The number of alkyl halides is 2. The molecule has 0 spiro atoms. The summed E-state index contributed by atoms with van der Waals surface area (Å²) in [6, 6.07) is 12.0. The van der Waals surface area contributed by atoms with Crippen LogP contribution < -0.4 is 9.47 Å². The predicted molar refractivity (Wildman–Crippen MR) is 98.5 cm³/mol. The predicted octanol–water partition coefficient (Wildman–Crippen LogP) is 4.59. The first kappa shape index (κ1) is 19.1. The van der Waals surface area contributed by atoms with Crippen molar-refractivity contribution in [2.24, 2.45) is 0 Å². The maximum Gasteiger partial charge on any atom is 0.387 e. The Morgan fingerprint density at radius 3 is 2.56 bits per heavy atom. The number of likely N-dealkylation sites (tertiary alicyclic amines) is 1. The number of rotatable bonds is 5. The van der Waals surface area contributed by atoms with E-state index in [0.29, 0.717) is 18.7 Å². The molecule has 0 aliphatic carbocycles. The van der Waals surface area contributed by atoms with Crippen LogP contribution in [0.25, 0.3) is 0 Å². The Morgan fingerprint density at radius 2 is 1.85 bits per heavy atom. The van der Waals surface area contributed by atoms with Crippen molar-refractivity contribution in [3.05, 3.63) is 59.2 Å². The number of hydrogen-bond donors (Lipinski definition) is 0. The summed E-state index contributed by atoms with van der Waals surface area (Å²) in [6.07, 6.45) is 1.52. The molecule has 2 aromatic rings. The first-order chi connectivity index (χ1) is 12.9. The maximum absolute atomic E-state index is 12.6. The molecule has 4 nitrogen and oxygen atoms in total. The van der Waals surface area contributed by atoms with Crippen LogP contribution in [0.2, 0.25) is 0 Å². The lowest BCUT2D eigenvalue weighted by atomic mass is 10.1. The fourth-order valence-electron chi connectivity index (χ4n) is 3.18. The average Bonchev–Trinajstić information content (AvgIpc) is 2.64. The molecule has 1 saturated heterocycles. The minimum atomic E-state index is -2.91. The van der Waals surface area contributed by atoms with Gasteiger partial charge in [-0.3, -0.25) is 4.79 Å². The van der Waals surface area contributed by atoms with Gasteiger partial charge in [0.2, 0.25) is 0 Å². The Balaban J connectivity index is 1.58. The van der Waals surface area contributed by atoms with Crippen molar-refractivity contribution in [3.63, 3.8) is 0 Å². The minimum absolute atomic E-state index is 0.0102. The van der Waals surface area contributed by atoms with Crippen LogP contribution in [0.4, 0.5) is 8.78 Å². The first-order valence-electron chi connectivity index (χ1n) is 9.00. The molecule has 6 heteroatoms. The highest BCUT2D eigenvalue weighted by Gasteiger charge is 2.25. The number of carbonyl (C=O) groups excluding carboxylic acids is 1. The van der Waals surface area contributed by atoms with E-state index in [2.05, 4.69) is 10.8 Å². The van der Waals surface area contributed by atoms with Crippen LogP contribution in [-0.2, 0) is 0 Å². The molecule has 0 bridgehead atoms. The average molecular weight is 375 g/mol. The third-order valence-electron chi connectivity index (χ3n) is 4.67. The van der Waals surface area contributed by atoms with Gasteiger partial charge in [-0.15, -0.1) is 0 Å². The van der Waals surface area contributed by atoms with Gasteiger partial charge in [0.1, 0.15) is 17.6 Å². The highest BCUT2D eigenvalue weighted by Crippen LogP contribution is 2.25. The van der Waals surface area contributed by atoms with E-state index in [1.165, 1.54) is 12.1 Å². The Kier molecular flexibility index (Phi) is 5.94. The maximum atomic E-state index is 12.6. The number of amides is 1. The third-order valence-corrected chi connectivity index (χ3v) is 4.67. The van der Waals surface area contributed by atoms with Crippen molar-refractivity contribution in [3.8, 4) is 11.5 Å². The molecule has 3 rings (SSSR count). The lowest BCUT2D eigenvalue weighted by Crippen LogP contribution is -2.41. The lowest BCUT2D eigenvalue weighted by molar-refractivity contribution is -0.0499. The van der Waals surface area contributed by atoms with Crippen molar-refractivity contribution in [2.45, 2.75) is 39.4 Å². The second-order valence-electron chi connectivity index (χ2n) is 6.78. The van der Waals surface area contributed by atoms with Gasteiger partial charge in [0.05, 0.1) is 0 Å². The molecule has 0 N–H and O–H groups in total. The van der Waals surface area contributed by atoms with E-state index in [1.807, 2.05) is 26.0 Å². The van der Waals surface area contributed by atoms with Crippen LogP contribution in [0.3, 0.4) is 0 Å². The summed E-state index contributed by atoms with van der Waals surface area (Å²) in [5.41, 5.74) is 2.59. The number of halogens is 2. The summed E-state index contributed by atoms with van der Waals surface area (Å²) in [5.74, 6) is 0.695. The van der Waals surface area contributed by atoms with Crippen molar-refractivity contribution < 1.29 is 23.0 Å². The Morgan fingerprint density at radius 1 is 1.11 bits per heavy atom. The van der Waals surface area contributed by atoms with E-state index >= 15 is 0 Å². The van der Waals surface area contributed by atoms with E-state index in [0.717, 1.165) is 29.7 Å². The van der Waals surface area contributed by atoms with E-state index in [-0.39, 0.29) is 17.8 Å². The Hall–Kier alpha value is -2.63. The lowest BCUT2D eigenvalue weighted by Gasteiger charge is -2.32. The number of benzene rings is 2. The zero-order chi connectivity index (χ0) is 19.4. The van der Waals surface area contributed by atoms with Gasteiger partial charge in [0.15, 0.2) is 0 Å². The van der Waals surface area contributed by atoms with E-state index < -0.39 is 6.61 Å². The molecular weight excluding hydrogens is 352 g/mol. The monoisotopic (exact) mass is 375 g/mol. The molecule has 0 saturated carbocycles. The number of aryl methyl sites for hydroxylation is 2. The van der Waals surface area contributed by atoms with E-state index in [1.54, 1.807) is 17.0 Å². The molecule has 27 heavy (non-hydrogen) atoms. The largest absolute Gasteiger partial charge is 0.490 e. The molecule has 0 unspecified atom stereocenters. The summed E-state index contributed by atoms with van der Waals surface area (Å²) in [7, 11) is 0. The third kappa shape index (κ3) is 4.96. The van der Waals surface area contributed by atoms with Crippen LogP contribution in [0, 0.1) is 13.8 Å². The first-order valence-corrected chi connectivity index (χ1v) is 9.00. The SMILES string of the molecule is Cc1ccc(C)c(OC2CCN(C(=O)c3cccc(OC(F)F)c3)CC2)c1. The van der Waals surface area contributed by atoms with Crippen molar-refractivity contribution in [1.82, 2.24) is 4.90 Å². The standard InChI is InChI=1S/C21H23F2NO3/c1-14-6-7-15(2)19(12-14)26-17-8-10-24(11-9-17)20(25)16-4-3-5-18(13-16)27-21(22)23/h3-7,12-13,17,21H,8-11H2,1-2H3. The molecule has 1 aliphatic heterocycles. The van der Waals surface area contributed by atoms with Gasteiger partial charge in [-0.2, -0.15) is 8.78 Å². The highest BCUT2D eigenvalue weighted by molar-refractivity contribution is 5.94. The normalized spacial score (nSPS) is 15.1. The van der Waals surface area contributed by atoms with Gasteiger partial charge in [-0.1, -0.05) is 18.2 Å². The molecule has 0 aromatic heterocycles. The zero-order valence-corrected chi connectivity index (χ0v) is 15.5. The molecule has 1 fully saturated rings. The smallest absolute Gasteiger partial charge is 0.387 e. The molecule has 0 atom stereocenters. The van der Waals surface area contributed by atoms with Crippen LogP contribution in [0.5, 0.6) is 11.5 Å². The Bertz CT molecular complexity index is 802. The molecule has 1 heterocycles. The topological polar surface area (TPSA) is 38.8 Å². The van der Waals surface area contributed by atoms with Crippen molar-refractivity contribution in [2.75, 3.05) is 13.1 Å². The molecule has 0 radical (unpaired) electrons. The summed E-state index contributed by atoms with van der Waals surface area (Å²) in [4.78, 5) is 14.4. The number of ether oxygens (including phenoxy) is 2. The number of nitrogens with zero attached hydrogens (tertiary/aromatic N) is 1. The number of piperidine rings is 1. The van der Waals surface area contributed by atoms with Gasteiger partial charge in [-0.25, -0.2) is 0 Å². The highest BCUT2D eigenvalue weighted by atomic mass is 19.3. The molecule has 2 aromatic carbocycles. The van der Waals surface area contributed by atoms with Crippen molar-refractivity contribution >= 4 is 5.91 Å². The van der Waals surface area contributed by atoms with Gasteiger partial charge < -0.3 is 14.4 Å². The van der Waals surface area contributed by atoms with Gasteiger partial charge in [-0.05, 0) is 49.2 Å². The van der Waals surface area contributed by atoms with Crippen LogP contribution >= 0.6 is 0 Å². The fourth-order valence-corrected chi connectivity index (χ4v) is 3.18. The number of carbonyl (C=O) groups is 1. The molecule has 1 aliphatic rings. The summed E-state index contributed by atoms with van der Waals surface area (Å²) in [5, 5.41) is 0. The van der Waals surface area contributed by atoms with E-state index in [9.17, 15) is 13.6 Å². The van der Waals surface area contributed by atoms with Gasteiger partial charge >= 0.3 is 6.61 Å². The van der Waals surface area contributed by atoms with Crippen LogP contribution in [-0.4, -0.2) is 36.6 Å². The zero-order valence-electron chi connectivity index (χ0n) is 15.5. The van der Waals surface area contributed by atoms with Crippen molar-refractivity contribution in [1.29, 1.82) is 0 Å². The second-order valence-corrected chi connectivity index (χ2v) is 6.78. The Labute approximate surface area is 157 Å². The summed E-state index contributed by atoms with van der Waals surface area (Å²) in [6.45, 7) is 2.26. The second kappa shape index (κ2) is 8.37. The van der Waals surface area contributed by atoms with E-state index in [4.69, 9.17) is 4.74 Å². The fraction of sp³-hybridized carbons (Fsp3) is 0.381. The molecule has 144 valence electrons. The number of hydrogen-bond acceptors (Lipinski definition) is 3. The minimum Gasteiger partial charge on any atom is -0.490 e. The van der Waals surface area contributed by atoms with Crippen LogP contribution in [0.15, 0.2) is 42.5 Å². The summed E-state index contributed by atoms with van der Waals surface area (Å²) >= 11 is 0. The molecule has 1 amide bonds. The molecular formula is C21H23F2NO3. The van der Waals surface area contributed by atoms with Gasteiger partial charge in [0.25, 0.3) is 5.91 Å².